The number of rotatable bonds is 5. The number of aliphatic imine (C=N–C) groups is 1. The highest BCUT2D eigenvalue weighted by Crippen LogP contribution is 2.26. The Kier molecular flexibility index (Phi) is 7.35. The van der Waals surface area contributed by atoms with E-state index in [-0.39, 0.29) is 11.0 Å². The van der Waals surface area contributed by atoms with Crippen molar-refractivity contribution >= 4 is 16.0 Å². The third-order valence-electron chi connectivity index (χ3n) is 5.50. The number of hydrogen-bond acceptors (Lipinski definition) is 4. The van der Waals surface area contributed by atoms with E-state index in [1.54, 1.807) is 19.2 Å². The van der Waals surface area contributed by atoms with Crippen molar-refractivity contribution in [1.82, 2.24) is 14.5 Å². The molecule has 1 aliphatic heterocycles. The fraction of sp³-hybridized carbons (Fsp3) is 0.435. The van der Waals surface area contributed by atoms with Gasteiger partial charge in [-0.05, 0) is 42.7 Å². The Bertz CT molecular complexity index is 1030. The fourth-order valence-corrected chi connectivity index (χ4v) is 4.62. The largest absolute Gasteiger partial charge is 0.370 e. The van der Waals surface area contributed by atoms with Crippen molar-refractivity contribution in [1.29, 1.82) is 0 Å². The van der Waals surface area contributed by atoms with Crippen LogP contribution in [0.2, 0.25) is 0 Å². The quantitative estimate of drug-likeness (QED) is 0.567. The molecule has 0 aromatic heterocycles. The van der Waals surface area contributed by atoms with Gasteiger partial charge >= 0.3 is 0 Å². The summed E-state index contributed by atoms with van der Waals surface area (Å²) in [6, 6.07) is 13.4. The second-order valence-corrected chi connectivity index (χ2v) is 10.1. The number of ether oxygens (including phenoxy) is 1. The molecule has 2 aromatic carbocycles. The van der Waals surface area contributed by atoms with E-state index < -0.39 is 10.0 Å². The lowest BCUT2D eigenvalue weighted by Crippen LogP contribution is -2.48. The Hall–Kier alpha value is -2.42. The van der Waals surface area contributed by atoms with Gasteiger partial charge in [-0.2, -0.15) is 0 Å². The average Bonchev–Trinajstić information content (AvgIpc) is 2.74. The van der Waals surface area contributed by atoms with Crippen LogP contribution in [0.4, 0.5) is 0 Å². The molecule has 7 nitrogen and oxygen atoms in total. The first-order valence-electron chi connectivity index (χ1n) is 10.4. The summed E-state index contributed by atoms with van der Waals surface area (Å²) in [5, 5.41) is 3.39. The molecule has 1 atom stereocenters. The van der Waals surface area contributed by atoms with Gasteiger partial charge in [0.05, 0.1) is 18.0 Å². The Balaban J connectivity index is 1.65. The molecule has 0 aliphatic carbocycles. The molecule has 31 heavy (non-hydrogen) atoms. The van der Waals surface area contributed by atoms with Crippen LogP contribution < -0.4 is 5.32 Å². The van der Waals surface area contributed by atoms with E-state index in [2.05, 4.69) is 47.3 Å². The van der Waals surface area contributed by atoms with Crippen molar-refractivity contribution in [3.05, 3.63) is 64.7 Å². The minimum absolute atomic E-state index is 0.00317. The molecule has 1 heterocycles. The van der Waals surface area contributed by atoms with Crippen molar-refractivity contribution in [3.63, 3.8) is 0 Å². The predicted molar refractivity (Wildman–Crippen MR) is 124 cm³/mol. The van der Waals surface area contributed by atoms with Gasteiger partial charge in [-0.3, -0.25) is 4.99 Å². The molecular weight excluding hydrogens is 412 g/mol. The molecule has 2 aromatic rings. The summed E-state index contributed by atoms with van der Waals surface area (Å²) in [6.45, 7) is 6.90. The Labute approximate surface area is 185 Å². The molecule has 3 rings (SSSR count). The molecule has 1 aliphatic rings. The molecule has 168 valence electrons. The number of guanidine groups is 1. The van der Waals surface area contributed by atoms with Crippen molar-refractivity contribution in [2.24, 2.45) is 4.99 Å². The number of hydrogen-bond donors (Lipinski definition) is 1. The lowest BCUT2D eigenvalue weighted by Gasteiger charge is -2.36. The normalized spacial score (nSPS) is 17.8. The monoisotopic (exact) mass is 444 g/mol. The van der Waals surface area contributed by atoms with Crippen LogP contribution in [0.15, 0.2) is 52.4 Å². The van der Waals surface area contributed by atoms with Crippen LogP contribution >= 0.6 is 0 Å². The first kappa shape index (κ1) is 23.2. The van der Waals surface area contributed by atoms with E-state index in [0.29, 0.717) is 13.2 Å². The van der Waals surface area contributed by atoms with Crippen LogP contribution in [-0.4, -0.2) is 64.4 Å². The van der Waals surface area contributed by atoms with Gasteiger partial charge in [0.1, 0.15) is 6.10 Å². The van der Waals surface area contributed by atoms with Gasteiger partial charge in [0.15, 0.2) is 5.96 Å². The van der Waals surface area contributed by atoms with Crippen molar-refractivity contribution < 1.29 is 13.2 Å². The van der Waals surface area contributed by atoms with Crippen molar-refractivity contribution in [2.75, 3.05) is 40.8 Å². The summed E-state index contributed by atoms with van der Waals surface area (Å²) < 4.78 is 31.7. The van der Waals surface area contributed by atoms with Crippen LogP contribution in [0, 0.1) is 13.8 Å². The number of nitrogens with one attached hydrogen (secondary N) is 1. The third kappa shape index (κ3) is 5.44. The molecule has 1 unspecified atom stereocenters. The predicted octanol–water partition coefficient (Wildman–Crippen LogP) is 2.70. The maximum Gasteiger partial charge on any atom is 0.242 e. The first-order chi connectivity index (χ1) is 14.7. The average molecular weight is 445 g/mol. The molecule has 0 radical (unpaired) electrons. The standard InChI is InChI=1S/C23H32N4O3S/c1-17-6-11-21(18(2)14-17)22-16-27(12-13-30-22)23(24-3)25-15-19-7-9-20(10-8-19)31(28,29)26(4)5/h6-11,14,22H,12-13,15-16H2,1-5H3,(H,24,25). The first-order valence-corrected chi connectivity index (χ1v) is 11.8. The zero-order valence-electron chi connectivity index (χ0n) is 18.9. The molecule has 1 fully saturated rings. The molecule has 8 heteroatoms. The third-order valence-corrected chi connectivity index (χ3v) is 7.33. The van der Waals surface area contributed by atoms with Gasteiger partial charge in [0.2, 0.25) is 10.0 Å². The number of benzene rings is 2. The van der Waals surface area contributed by atoms with E-state index in [9.17, 15) is 8.42 Å². The highest BCUT2D eigenvalue weighted by atomic mass is 32.2. The maximum atomic E-state index is 12.2. The number of morpholine rings is 1. The van der Waals surface area contributed by atoms with Gasteiger partial charge in [-0.15, -0.1) is 0 Å². The van der Waals surface area contributed by atoms with E-state index in [1.165, 1.54) is 35.1 Å². The zero-order chi connectivity index (χ0) is 22.6. The lowest BCUT2D eigenvalue weighted by atomic mass is 10.00. The summed E-state index contributed by atoms with van der Waals surface area (Å²) >= 11 is 0. The van der Waals surface area contributed by atoms with Crippen LogP contribution in [-0.2, 0) is 21.3 Å². The second kappa shape index (κ2) is 9.80. The number of aryl methyl sites for hydroxylation is 2. The molecular formula is C23H32N4O3S. The van der Waals surface area contributed by atoms with Crippen LogP contribution in [0.5, 0.6) is 0 Å². The van der Waals surface area contributed by atoms with Gasteiger partial charge in [0.25, 0.3) is 0 Å². The van der Waals surface area contributed by atoms with Crippen LogP contribution in [0.3, 0.4) is 0 Å². The van der Waals surface area contributed by atoms with Gasteiger partial charge in [-0.25, -0.2) is 12.7 Å². The highest BCUT2D eigenvalue weighted by molar-refractivity contribution is 7.89. The lowest BCUT2D eigenvalue weighted by molar-refractivity contribution is -0.00834. The van der Waals surface area contributed by atoms with Crippen molar-refractivity contribution in [3.8, 4) is 0 Å². The fourth-order valence-electron chi connectivity index (χ4n) is 3.72. The summed E-state index contributed by atoms with van der Waals surface area (Å²) in [7, 11) is 1.42. The number of sulfonamides is 1. The second-order valence-electron chi connectivity index (χ2n) is 8.00. The van der Waals surface area contributed by atoms with E-state index >= 15 is 0 Å². The summed E-state index contributed by atoms with van der Waals surface area (Å²) in [4.78, 5) is 6.94. The maximum absolute atomic E-state index is 12.2. The Morgan fingerprint density at radius 1 is 1.19 bits per heavy atom. The van der Waals surface area contributed by atoms with Gasteiger partial charge in [-0.1, -0.05) is 35.9 Å². The summed E-state index contributed by atoms with van der Waals surface area (Å²) in [5.74, 6) is 0.808. The minimum Gasteiger partial charge on any atom is -0.370 e. The molecule has 1 N–H and O–H groups in total. The van der Waals surface area contributed by atoms with E-state index in [0.717, 1.165) is 24.6 Å². The van der Waals surface area contributed by atoms with Crippen LogP contribution in [0.1, 0.15) is 28.4 Å². The molecule has 0 spiro atoms. The smallest absolute Gasteiger partial charge is 0.242 e. The summed E-state index contributed by atoms with van der Waals surface area (Å²) in [6.07, 6.45) is 0.00317. The molecule has 0 bridgehead atoms. The zero-order valence-corrected chi connectivity index (χ0v) is 19.7. The Morgan fingerprint density at radius 2 is 1.90 bits per heavy atom. The van der Waals surface area contributed by atoms with Gasteiger partial charge in [0, 0.05) is 34.2 Å². The molecule has 0 amide bonds. The topological polar surface area (TPSA) is 74.2 Å². The highest BCUT2D eigenvalue weighted by Gasteiger charge is 2.25. The Morgan fingerprint density at radius 3 is 2.52 bits per heavy atom. The number of nitrogens with zero attached hydrogens (tertiary/aromatic N) is 3. The van der Waals surface area contributed by atoms with Crippen LogP contribution in [0.25, 0.3) is 0 Å². The van der Waals surface area contributed by atoms with E-state index in [1.807, 2.05) is 12.1 Å². The SMILES string of the molecule is CN=C(NCc1ccc(S(=O)(=O)N(C)C)cc1)N1CCOC(c2ccc(C)cc2C)C1. The van der Waals surface area contributed by atoms with Crippen molar-refractivity contribution in [2.45, 2.75) is 31.4 Å². The molecule has 1 saturated heterocycles. The van der Waals surface area contributed by atoms with E-state index in [4.69, 9.17) is 4.74 Å². The summed E-state index contributed by atoms with van der Waals surface area (Å²) in [5.41, 5.74) is 4.68. The molecule has 0 saturated carbocycles. The van der Waals surface area contributed by atoms with Gasteiger partial charge < -0.3 is 15.0 Å². The minimum atomic E-state index is -3.42.